The number of hydrogen-bond acceptors (Lipinski definition) is 4. The molecule has 2 atom stereocenters. The van der Waals surface area contributed by atoms with Crippen LogP contribution < -0.4 is 0 Å². The molecule has 0 saturated carbocycles. The molecule has 3 aromatic rings. The van der Waals surface area contributed by atoms with Crippen LogP contribution in [0, 0.1) is 12.8 Å². The highest BCUT2D eigenvalue weighted by Gasteiger charge is 2.59. The molecule has 0 aliphatic carbocycles. The molecule has 1 heterocycles. The van der Waals surface area contributed by atoms with E-state index in [0.29, 0.717) is 0 Å². The van der Waals surface area contributed by atoms with Crippen LogP contribution in [-0.2, 0) is 4.84 Å². The Bertz CT molecular complexity index is 912. The van der Waals surface area contributed by atoms with E-state index < -0.39 is 22.7 Å². The highest BCUT2D eigenvalue weighted by Crippen LogP contribution is 2.55. The highest BCUT2D eigenvalue weighted by atomic mass is 32.2. The molecule has 2 unspecified atom stereocenters. The first-order valence-electron chi connectivity index (χ1n) is 9.74. The lowest BCUT2D eigenvalue weighted by Gasteiger charge is -2.30. The van der Waals surface area contributed by atoms with Crippen molar-refractivity contribution in [1.82, 2.24) is 5.06 Å². The van der Waals surface area contributed by atoms with Gasteiger partial charge in [0.15, 0.2) is 0 Å². The zero-order valence-corrected chi connectivity index (χ0v) is 18.4. The van der Waals surface area contributed by atoms with E-state index in [4.69, 9.17) is 4.84 Å². The first-order valence-corrected chi connectivity index (χ1v) is 11.5. The maximum atomic E-state index is 15.2. The lowest BCUT2D eigenvalue weighted by Crippen LogP contribution is -2.33. The summed E-state index contributed by atoms with van der Waals surface area (Å²) in [6.45, 7) is 1.99. The maximum absolute atomic E-state index is 15.2. The van der Waals surface area contributed by atoms with Crippen LogP contribution in [0.4, 0.5) is 8.78 Å². The topological polar surface area (TPSA) is 12.5 Å². The molecule has 0 bridgehead atoms. The third-order valence-corrected chi connectivity index (χ3v) is 7.81. The molecule has 0 radical (unpaired) electrons. The largest absolute Gasteiger partial charge is 0.377 e. The second-order valence-corrected chi connectivity index (χ2v) is 10.0. The van der Waals surface area contributed by atoms with Crippen LogP contribution in [0.15, 0.2) is 94.7 Å². The Morgan fingerprint density at radius 2 is 1.33 bits per heavy atom. The average molecular weight is 444 g/mol. The van der Waals surface area contributed by atoms with E-state index in [0.717, 1.165) is 20.9 Å². The molecule has 4 rings (SSSR count). The van der Waals surface area contributed by atoms with Crippen molar-refractivity contribution < 1.29 is 13.6 Å². The van der Waals surface area contributed by atoms with E-state index >= 15 is 8.78 Å². The summed E-state index contributed by atoms with van der Waals surface area (Å²) in [6.07, 6.45) is -3.28. The van der Waals surface area contributed by atoms with E-state index in [9.17, 15) is 0 Å². The SMILES string of the molecule is Cc1ccc(C2C(C(Sc3ccccc3)Sc3ccccc3)C(F)(F)ON2C)cc1. The van der Waals surface area contributed by atoms with E-state index in [2.05, 4.69) is 0 Å². The number of nitrogens with zero attached hydrogens (tertiary/aromatic N) is 1. The zero-order chi connectivity index (χ0) is 21.1. The maximum Gasteiger partial charge on any atom is 0.377 e. The van der Waals surface area contributed by atoms with Gasteiger partial charge < -0.3 is 0 Å². The van der Waals surface area contributed by atoms with Gasteiger partial charge in [0, 0.05) is 16.8 Å². The lowest BCUT2D eigenvalue weighted by atomic mass is 9.93. The minimum atomic E-state index is -3.28. The Morgan fingerprint density at radius 1 is 0.833 bits per heavy atom. The fourth-order valence-corrected chi connectivity index (χ4v) is 6.58. The molecule has 1 aliphatic heterocycles. The van der Waals surface area contributed by atoms with Crippen molar-refractivity contribution in [2.45, 2.75) is 33.4 Å². The van der Waals surface area contributed by atoms with Crippen LogP contribution in [0.25, 0.3) is 0 Å². The van der Waals surface area contributed by atoms with Crippen molar-refractivity contribution in [2.75, 3.05) is 7.05 Å². The molecule has 0 amide bonds. The minimum Gasteiger partial charge on any atom is -0.229 e. The molecule has 3 aromatic carbocycles. The number of hydrogen-bond donors (Lipinski definition) is 0. The van der Waals surface area contributed by atoms with Crippen LogP contribution in [0.2, 0.25) is 0 Å². The molecule has 30 heavy (non-hydrogen) atoms. The standard InChI is InChI=1S/C24H23F2NOS2/c1-17-13-15-18(16-14-17)22-21(24(25,26)28-27(22)2)23(29-19-9-5-3-6-10-19)30-20-11-7-4-8-12-20/h3-16,21-23H,1-2H3. The Balaban J connectivity index is 1.73. The van der Waals surface area contributed by atoms with Gasteiger partial charge in [-0.1, -0.05) is 66.2 Å². The number of hydroxylamine groups is 2. The fraction of sp³-hybridized carbons (Fsp3) is 0.250. The van der Waals surface area contributed by atoms with E-state index in [1.807, 2.05) is 91.9 Å². The van der Waals surface area contributed by atoms with Gasteiger partial charge >= 0.3 is 6.11 Å². The van der Waals surface area contributed by atoms with Crippen molar-refractivity contribution in [3.05, 3.63) is 96.1 Å². The number of halogens is 2. The number of aryl methyl sites for hydroxylation is 1. The molecular weight excluding hydrogens is 420 g/mol. The van der Waals surface area contributed by atoms with Crippen molar-refractivity contribution in [3.8, 4) is 0 Å². The third-order valence-electron chi connectivity index (χ3n) is 5.09. The second kappa shape index (κ2) is 9.10. The van der Waals surface area contributed by atoms with E-state index in [-0.39, 0.29) is 0 Å². The van der Waals surface area contributed by atoms with Crippen molar-refractivity contribution in [3.63, 3.8) is 0 Å². The van der Waals surface area contributed by atoms with Crippen LogP contribution in [0.1, 0.15) is 17.2 Å². The number of rotatable bonds is 6. The van der Waals surface area contributed by atoms with Crippen LogP contribution in [0.3, 0.4) is 0 Å². The molecule has 1 fully saturated rings. The predicted molar refractivity (Wildman–Crippen MR) is 120 cm³/mol. The van der Waals surface area contributed by atoms with E-state index in [1.165, 1.54) is 28.6 Å². The quantitative estimate of drug-likeness (QED) is 0.299. The smallest absolute Gasteiger partial charge is 0.229 e. The summed E-state index contributed by atoms with van der Waals surface area (Å²) in [5, 5.41) is 1.32. The fourth-order valence-electron chi connectivity index (χ4n) is 3.64. The summed E-state index contributed by atoms with van der Waals surface area (Å²) in [7, 11) is 1.59. The normalized spacial score (nSPS) is 21.2. The van der Waals surface area contributed by atoms with Gasteiger partial charge in [0.25, 0.3) is 0 Å². The molecular formula is C24H23F2NOS2. The molecule has 0 aromatic heterocycles. The van der Waals surface area contributed by atoms with Gasteiger partial charge in [-0.2, -0.15) is 13.8 Å². The van der Waals surface area contributed by atoms with Crippen LogP contribution in [-0.4, -0.2) is 22.8 Å². The first-order chi connectivity index (χ1) is 14.4. The van der Waals surface area contributed by atoms with Gasteiger partial charge in [-0.15, -0.1) is 23.5 Å². The first kappa shape index (κ1) is 21.4. The van der Waals surface area contributed by atoms with Crippen molar-refractivity contribution in [1.29, 1.82) is 0 Å². The third kappa shape index (κ3) is 4.72. The second-order valence-electron chi connectivity index (χ2n) is 7.31. The molecule has 1 aliphatic rings. The molecule has 0 N–H and O–H groups in total. The summed E-state index contributed by atoms with van der Waals surface area (Å²) in [5.74, 6) is -1.04. The Hall–Kier alpha value is -1.86. The summed E-state index contributed by atoms with van der Waals surface area (Å²) in [6, 6.07) is 26.6. The number of benzene rings is 3. The molecule has 156 valence electrons. The Morgan fingerprint density at radius 3 is 1.83 bits per heavy atom. The zero-order valence-electron chi connectivity index (χ0n) is 16.7. The Labute approximate surface area is 184 Å². The summed E-state index contributed by atoms with van der Waals surface area (Å²) in [5.41, 5.74) is 1.93. The summed E-state index contributed by atoms with van der Waals surface area (Å²) >= 11 is 2.93. The molecule has 2 nitrogen and oxygen atoms in total. The van der Waals surface area contributed by atoms with Crippen LogP contribution in [0.5, 0.6) is 0 Å². The van der Waals surface area contributed by atoms with E-state index in [1.54, 1.807) is 7.05 Å². The van der Waals surface area contributed by atoms with Gasteiger partial charge in [0.1, 0.15) is 0 Å². The Kier molecular flexibility index (Phi) is 6.48. The summed E-state index contributed by atoms with van der Waals surface area (Å²) < 4.78 is 30.0. The van der Waals surface area contributed by atoms with Crippen molar-refractivity contribution in [2.24, 2.45) is 5.92 Å². The van der Waals surface area contributed by atoms with Gasteiger partial charge in [-0.25, -0.2) is 4.84 Å². The van der Waals surface area contributed by atoms with Crippen molar-refractivity contribution >= 4 is 23.5 Å². The summed E-state index contributed by atoms with van der Waals surface area (Å²) in [4.78, 5) is 7.00. The average Bonchev–Trinajstić information content (AvgIpc) is 2.98. The lowest BCUT2D eigenvalue weighted by molar-refractivity contribution is -0.311. The monoisotopic (exact) mass is 443 g/mol. The predicted octanol–water partition coefficient (Wildman–Crippen LogP) is 7.03. The van der Waals surface area contributed by atoms with Gasteiger partial charge in [0.05, 0.1) is 16.5 Å². The van der Waals surface area contributed by atoms with Gasteiger partial charge in [-0.3, -0.25) is 0 Å². The molecule has 0 spiro atoms. The molecule has 1 saturated heterocycles. The highest BCUT2D eigenvalue weighted by molar-refractivity contribution is 8.17. The minimum absolute atomic E-state index is 0.457. The number of thioether (sulfide) groups is 2. The van der Waals surface area contributed by atoms with Crippen LogP contribution >= 0.6 is 23.5 Å². The number of alkyl halides is 2. The van der Waals surface area contributed by atoms with Gasteiger partial charge in [0.2, 0.25) is 0 Å². The van der Waals surface area contributed by atoms with Gasteiger partial charge in [-0.05, 0) is 36.8 Å². The molecule has 6 heteroatoms.